The van der Waals surface area contributed by atoms with Crippen LogP contribution in [0.3, 0.4) is 0 Å². The molecule has 2 rings (SSSR count). The Morgan fingerprint density at radius 1 is 0.905 bits per heavy atom. The molecule has 4 nitrogen and oxygen atoms in total. The summed E-state index contributed by atoms with van der Waals surface area (Å²) in [5, 5.41) is 8.96. The summed E-state index contributed by atoms with van der Waals surface area (Å²) in [4.78, 5) is 0. The quantitative estimate of drug-likeness (QED) is 0.732. The molecule has 21 heavy (non-hydrogen) atoms. The molecule has 0 aliphatic heterocycles. The van der Waals surface area contributed by atoms with Crippen LogP contribution in [0.4, 0.5) is 0 Å². The third-order valence-electron chi connectivity index (χ3n) is 3.11. The summed E-state index contributed by atoms with van der Waals surface area (Å²) in [5.74, 6) is 1.64. The first-order chi connectivity index (χ1) is 10.3. The first kappa shape index (κ1) is 15.4. The molecule has 3 N–H and O–H groups in total. The van der Waals surface area contributed by atoms with Gasteiger partial charge in [0.05, 0.1) is 19.8 Å². The molecule has 0 bridgehead atoms. The highest BCUT2D eigenvalue weighted by atomic mass is 16.5. The molecule has 2 aromatic rings. The molecule has 0 aliphatic rings. The molecule has 112 valence electrons. The monoisotopic (exact) mass is 287 g/mol. The van der Waals surface area contributed by atoms with Gasteiger partial charge in [0.25, 0.3) is 0 Å². The second-order valence-electron chi connectivity index (χ2n) is 4.66. The molecule has 0 aromatic heterocycles. The molecule has 4 heteroatoms. The van der Waals surface area contributed by atoms with E-state index >= 15 is 0 Å². The smallest absolute Gasteiger partial charge is 0.123 e. The van der Waals surface area contributed by atoms with Crippen molar-refractivity contribution in [1.82, 2.24) is 0 Å². The number of hydrogen-bond donors (Lipinski definition) is 2. The van der Waals surface area contributed by atoms with Crippen LogP contribution < -0.4 is 15.2 Å². The molecular formula is C17H21NO3. The van der Waals surface area contributed by atoms with Crippen molar-refractivity contribution in [2.45, 2.75) is 19.6 Å². The van der Waals surface area contributed by atoms with Gasteiger partial charge in [-0.3, -0.25) is 0 Å². The van der Waals surface area contributed by atoms with Gasteiger partial charge in [0.1, 0.15) is 11.5 Å². The van der Waals surface area contributed by atoms with Gasteiger partial charge in [0, 0.05) is 18.5 Å². The van der Waals surface area contributed by atoms with Crippen molar-refractivity contribution in [3.05, 3.63) is 59.7 Å². The lowest BCUT2D eigenvalue weighted by Crippen LogP contribution is -2.07. The number of aliphatic hydroxyl groups excluding tert-OH is 1. The summed E-state index contributed by atoms with van der Waals surface area (Å²) in [5.41, 5.74) is 7.55. The van der Waals surface area contributed by atoms with Crippen LogP contribution in [0.1, 0.15) is 17.5 Å². The van der Waals surface area contributed by atoms with E-state index in [1.54, 1.807) is 0 Å². The fourth-order valence-corrected chi connectivity index (χ4v) is 1.94. The zero-order valence-corrected chi connectivity index (χ0v) is 12.0. The van der Waals surface area contributed by atoms with Gasteiger partial charge in [-0.25, -0.2) is 0 Å². The molecule has 0 heterocycles. The molecule has 2 aromatic carbocycles. The van der Waals surface area contributed by atoms with Crippen molar-refractivity contribution in [2.75, 3.05) is 13.2 Å². The normalized spacial score (nSPS) is 10.4. The van der Waals surface area contributed by atoms with Crippen molar-refractivity contribution in [2.24, 2.45) is 5.73 Å². The van der Waals surface area contributed by atoms with E-state index < -0.39 is 0 Å². The van der Waals surface area contributed by atoms with E-state index in [0.717, 1.165) is 29.0 Å². The summed E-state index contributed by atoms with van der Waals surface area (Å²) < 4.78 is 11.3. The second-order valence-corrected chi connectivity index (χ2v) is 4.66. The van der Waals surface area contributed by atoms with E-state index in [9.17, 15) is 0 Å². The first-order valence-corrected chi connectivity index (χ1v) is 7.07. The van der Waals surface area contributed by atoms with E-state index in [2.05, 4.69) is 0 Å². The Bertz CT molecular complexity index is 540. The maximum atomic E-state index is 8.96. The molecule has 0 spiro atoms. The van der Waals surface area contributed by atoms with Gasteiger partial charge in [-0.15, -0.1) is 0 Å². The van der Waals surface area contributed by atoms with Crippen LogP contribution in [-0.4, -0.2) is 18.3 Å². The molecule has 0 saturated heterocycles. The molecule has 0 amide bonds. The number of benzene rings is 2. The number of nitrogens with two attached hydrogens (primary N) is 1. The largest absolute Gasteiger partial charge is 0.493 e. The average Bonchev–Trinajstić information content (AvgIpc) is 2.55. The van der Waals surface area contributed by atoms with Gasteiger partial charge >= 0.3 is 0 Å². The molecule has 0 unspecified atom stereocenters. The Morgan fingerprint density at radius 3 is 2.33 bits per heavy atom. The van der Waals surface area contributed by atoms with Gasteiger partial charge in [0.2, 0.25) is 0 Å². The van der Waals surface area contributed by atoms with Crippen LogP contribution in [0, 0.1) is 0 Å². The van der Waals surface area contributed by atoms with Crippen LogP contribution in [-0.2, 0) is 13.2 Å². The highest BCUT2D eigenvalue weighted by Crippen LogP contribution is 2.17. The van der Waals surface area contributed by atoms with Crippen molar-refractivity contribution >= 4 is 0 Å². The van der Waals surface area contributed by atoms with Crippen LogP contribution in [0.25, 0.3) is 0 Å². The van der Waals surface area contributed by atoms with E-state index in [-0.39, 0.29) is 6.61 Å². The summed E-state index contributed by atoms with van der Waals surface area (Å²) in [7, 11) is 0. The Morgan fingerprint density at radius 2 is 1.62 bits per heavy atom. The molecule has 0 radical (unpaired) electrons. The minimum atomic E-state index is 0.0503. The third-order valence-corrected chi connectivity index (χ3v) is 3.11. The molecule has 0 aliphatic carbocycles. The molecular weight excluding hydrogens is 266 g/mol. The van der Waals surface area contributed by atoms with Crippen molar-refractivity contribution in [3.63, 3.8) is 0 Å². The minimum absolute atomic E-state index is 0.0503. The van der Waals surface area contributed by atoms with E-state index in [1.807, 2.05) is 48.5 Å². The van der Waals surface area contributed by atoms with Crippen LogP contribution >= 0.6 is 0 Å². The van der Waals surface area contributed by atoms with E-state index in [1.165, 1.54) is 0 Å². The second kappa shape index (κ2) is 8.29. The van der Waals surface area contributed by atoms with Gasteiger partial charge in [-0.1, -0.05) is 30.3 Å². The van der Waals surface area contributed by atoms with Crippen LogP contribution in [0.15, 0.2) is 48.5 Å². The van der Waals surface area contributed by atoms with Crippen molar-refractivity contribution in [1.29, 1.82) is 0 Å². The lowest BCUT2D eigenvalue weighted by atomic mass is 10.2. The van der Waals surface area contributed by atoms with Crippen molar-refractivity contribution < 1.29 is 14.6 Å². The van der Waals surface area contributed by atoms with Crippen molar-refractivity contribution in [3.8, 4) is 11.5 Å². The topological polar surface area (TPSA) is 64.7 Å². The fraction of sp³-hybridized carbons (Fsp3) is 0.294. The third kappa shape index (κ3) is 4.77. The first-order valence-electron chi connectivity index (χ1n) is 7.07. The van der Waals surface area contributed by atoms with E-state index in [4.69, 9.17) is 20.3 Å². The number of rotatable bonds is 8. The maximum absolute atomic E-state index is 8.96. The summed E-state index contributed by atoms with van der Waals surface area (Å²) >= 11 is 0. The maximum Gasteiger partial charge on any atom is 0.123 e. The zero-order valence-electron chi connectivity index (χ0n) is 12.0. The standard InChI is InChI=1S/C17H21NO3/c18-12-15-4-1-2-5-17(15)21-11-3-10-20-16-8-6-14(13-19)7-9-16/h1-2,4-9,19H,3,10-13,18H2. The van der Waals surface area contributed by atoms with Gasteiger partial charge in [0.15, 0.2) is 0 Å². The fourth-order valence-electron chi connectivity index (χ4n) is 1.94. The summed E-state index contributed by atoms with van der Waals surface area (Å²) in [6.07, 6.45) is 0.792. The highest BCUT2D eigenvalue weighted by Gasteiger charge is 2.00. The molecule has 0 fully saturated rings. The molecule has 0 saturated carbocycles. The number of ether oxygens (including phenoxy) is 2. The van der Waals surface area contributed by atoms with E-state index in [0.29, 0.717) is 19.8 Å². The minimum Gasteiger partial charge on any atom is -0.493 e. The zero-order chi connectivity index (χ0) is 14.9. The predicted octanol–water partition coefficient (Wildman–Crippen LogP) is 2.49. The average molecular weight is 287 g/mol. The van der Waals surface area contributed by atoms with Crippen LogP contribution in [0.5, 0.6) is 11.5 Å². The summed E-state index contributed by atoms with van der Waals surface area (Å²) in [6.45, 7) is 1.70. The predicted molar refractivity (Wildman–Crippen MR) is 82.3 cm³/mol. The number of hydrogen-bond acceptors (Lipinski definition) is 4. The molecule has 0 atom stereocenters. The van der Waals surface area contributed by atoms with Gasteiger partial charge in [-0.05, 0) is 23.8 Å². The SMILES string of the molecule is NCc1ccccc1OCCCOc1ccc(CO)cc1. The van der Waals surface area contributed by atoms with Crippen LogP contribution in [0.2, 0.25) is 0 Å². The summed E-state index contributed by atoms with van der Waals surface area (Å²) in [6, 6.07) is 15.2. The number of para-hydroxylation sites is 1. The Kier molecular flexibility index (Phi) is 6.06. The lowest BCUT2D eigenvalue weighted by Gasteiger charge is -2.11. The highest BCUT2D eigenvalue weighted by molar-refractivity contribution is 5.33. The Hall–Kier alpha value is -2.04. The number of aliphatic hydroxyl groups is 1. The van der Waals surface area contributed by atoms with Gasteiger partial charge in [-0.2, -0.15) is 0 Å². The van der Waals surface area contributed by atoms with Gasteiger partial charge < -0.3 is 20.3 Å². The Balaban J connectivity index is 1.70. The lowest BCUT2D eigenvalue weighted by molar-refractivity contribution is 0.246. The Labute approximate surface area is 125 Å².